The highest BCUT2D eigenvalue weighted by atomic mass is 16.5. The van der Waals surface area contributed by atoms with Gasteiger partial charge < -0.3 is 14.8 Å². The number of allylic oxidation sites excluding steroid dienone is 1. The van der Waals surface area contributed by atoms with Crippen molar-refractivity contribution < 1.29 is 9.47 Å². The van der Waals surface area contributed by atoms with E-state index in [1.54, 1.807) is 6.33 Å². The third kappa shape index (κ3) is 4.03. The summed E-state index contributed by atoms with van der Waals surface area (Å²) in [5, 5.41) is 3.21. The Morgan fingerprint density at radius 2 is 2.12 bits per heavy atom. The fourth-order valence-corrected chi connectivity index (χ4v) is 2.76. The first-order chi connectivity index (χ1) is 12.1. The number of hydrogen-bond acceptors (Lipinski definition) is 6. The molecule has 0 spiro atoms. The minimum absolute atomic E-state index is 0.143. The zero-order valence-corrected chi connectivity index (χ0v) is 15.9. The summed E-state index contributed by atoms with van der Waals surface area (Å²) in [6.07, 6.45) is 3.43. The third-order valence-corrected chi connectivity index (χ3v) is 3.80. The Morgan fingerprint density at radius 3 is 2.72 bits per heavy atom. The third-order valence-electron chi connectivity index (χ3n) is 3.80. The van der Waals surface area contributed by atoms with Crippen molar-refractivity contribution in [3.05, 3.63) is 18.7 Å². The standard InChI is InChI=1S/C16H23N5O2.C2H6/c1-5-7-17-16-19-13-12(14(20-16)22-6-2)18-9-21(13)15-10(3)8-11(4)23-15;1-2/h9-10,15H,4-8H2,1-3H3,(H,17,19,20);1-2H3. The van der Waals surface area contributed by atoms with E-state index in [0.717, 1.165) is 25.1 Å². The Hall–Kier alpha value is -2.31. The lowest BCUT2D eigenvalue weighted by molar-refractivity contribution is 0.0745. The van der Waals surface area contributed by atoms with Crippen molar-refractivity contribution in [1.82, 2.24) is 19.5 Å². The van der Waals surface area contributed by atoms with Crippen molar-refractivity contribution in [3.8, 4) is 5.88 Å². The molecule has 0 aliphatic carbocycles. The summed E-state index contributed by atoms with van der Waals surface area (Å²) in [6.45, 7) is 15.4. The summed E-state index contributed by atoms with van der Waals surface area (Å²) in [6, 6.07) is 0. The van der Waals surface area contributed by atoms with E-state index in [-0.39, 0.29) is 6.23 Å². The molecule has 0 saturated carbocycles. The van der Waals surface area contributed by atoms with Gasteiger partial charge in [-0.2, -0.15) is 9.97 Å². The number of nitrogens with one attached hydrogen (secondary N) is 1. The molecule has 1 fully saturated rings. The van der Waals surface area contributed by atoms with Crippen LogP contribution in [0, 0.1) is 5.92 Å². The quantitative estimate of drug-likeness (QED) is 0.846. The maximum atomic E-state index is 5.85. The van der Waals surface area contributed by atoms with Gasteiger partial charge in [0.25, 0.3) is 0 Å². The highest BCUT2D eigenvalue weighted by molar-refractivity contribution is 5.77. The fourth-order valence-electron chi connectivity index (χ4n) is 2.76. The number of fused-ring (bicyclic) bond motifs is 1. The Morgan fingerprint density at radius 1 is 1.36 bits per heavy atom. The second-order valence-corrected chi connectivity index (χ2v) is 5.76. The van der Waals surface area contributed by atoms with Crippen molar-refractivity contribution in [3.63, 3.8) is 0 Å². The summed E-state index contributed by atoms with van der Waals surface area (Å²) in [4.78, 5) is 13.5. The van der Waals surface area contributed by atoms with Crippen molar-refractivity contribution in [2.75, 3.05) is 18.5 Å². The topological polar surface area (TPSA) is 74.1 Å². The summed E-state index contributed by atoms with van der Waals surface area (Å²) < 4.78 is 13.4. The monoisotopic (exact) mass is 347 g/mol. The molecule has 2 unspecified atom stereocenters. The van der Waals surface area contributed by atoms with Crippen molar-refractivity contribution in [2.24, 2.45) is 5.92 Å². The predicted octanol–water partition coefficient (Wildman–Crippen LogP) is 4.14. The highest BCUT2D eigenvalue weighted by Gasteiger charge is 2.31. The molecule has 2 aromatic heterocycles. The molecule has 3 heterocycles. The first kappa shape index (κ1) is 19.0. The van der Waals surface area contributed by atoms with E-state index in [2.05, 4.69) is 40.7 Å². The number of rotatable bonds is 6. The average molecular weight is 347 g/mol. The predicted molar refractivity (Wildman–Crippen MR) is 99.7 cm³/mol. The van der Waals surface area contributed by atoms with Gasteiger partial charge in [0, 0.05) is 18.9 Å². The zero-order valence-electron chi connectivity index (χ0n) is 15.9. The van der Waals surface area contributed by atoms with Gasteiger partial charge >= 0.3 is 0 Å². The van der Waals surface area contributed by atoms with Gasteiger partial charge in [-0.1, -0.05) is 34.3 Å². The molecular weight excluding hydrogens is 318 g/mol. The van der Waals surface area contributed by atoms with Crippen molar-refractivity contribution >= 4 is 17.1 Å². The van der Waals surface area contributed by atoms with Crippen LogP contribution in [0.2, 0.25) is 0 Å². The van der Waals surface area contributed by atoms with Gasteiger partial charge in [0.1, 0.15) is 6.33 Å². The smallest absolute Gasteiger partial charge is 0.247 e. The van der Waals surface area contributed by atoms with Gasteiger partial charge in [-0.3, -0.25) is 4.57 Å². The van der Waals surface area contributed by atoms with Gasteiger partial charge in [0.2, 0.25) is 11.8 Å². The lowest BCUT2D eigenvalue weighted by atomic mass is 10.1. The molecule has 7 nitrogen and oxygen atoms in total. The molecule has 0 radical (unpaired) electrons. The first-order valence-corrected chi connectivity index (χ1v) is 9.09. The van der Waals surface area contributed by atoms with E-state index in [0.29, 0.717) is 35.5 Å². The SMILES string of the molecule is C=C1CC(C)C(n2cnc3c(OCC)nc(NCCC)nc32)O1.CC. The summed E-state index contributed by atoms with van der Waals surface area (Å²) in [5.74, 6) is 2.17. The first-order valence-electron chi connectivity index (χ1n) is 9.09. The van der Waals surface area contributed by atoms with E-state index in [9.17, 15) is 0 Å². The number of anilines is 1. The molecule has 1 aliphatic heterocycles. The lowest BCUT2D eigenvalue weighted by Crippen LogP contribution is -2.14. The molecule has 3 rings (SSSR count). The molecule has 7 heteroatoms. The van der Waals surface area contributed by atoms with Crippen LogP contribution in [0.4, 0.5) is 5.95 Å². The van der Waals surface area contributed by atoms with Crippen LogP contribution < -0.4 is 10.1 Å². The number of ether oxygens (including phenoxy) is 2. The van der Waals surface area contributed by atoms with Crippen LogP contribution >= 0.6 is 0 Å². The van der Waals surface area contributed by atoms with E-state index < -0.39 is 0 Å². The Balaban J connectivity index is 0.00000109. The van der Waals surface area contributed by atoms with Crippen LogP contribution in [-0.4, -0.2) is 32.7 Å². The maximum absolute atomic E-state index is 5.85. The van der Waals surface area contributed by atoms with Crippen LogP contribution in [0.3, 0.4) is 0 Å². The van der Waals surface area contributed by atoms with Gasteiger partial charge in [0.15, 0.2) is 17.4 Å². The van der Waals surface area contributed by atoms with Crippen LogP contribution in [0.25, 0.3) is 11.2 Å². The number of imidazole rings is 1. The molecule has 25 heavy (non-hydrogen) atoms. The highest BCUT2D eigenvalue weighted by Crippen LogP contribution is 2.37. The van der Waals surface area contributed by atoms with Gasteiger partial charge in [-0.05, 0) is 13.3 Å². The molecule has 1 N–H and O–H groups in total. The summed E-state index contributed by atoms with van der Waals surface area (Å²) in [7, 11) is 0. The molecule has 0 bridgehead atoms. The zero-order chi connectivity index (χ0) is 18.4. The number of hydrogen-bond donors (Lipinski definition) is 1. The second kappa shape index (κ2) is 8.69. The van der Waals surface area contributed by atoms with Crippen LogP contribution in [0.15, 0.2) is 18.7 Å². The molecule has 1 aliphatic rings. The van der Waals surface area contributed by atoms with Gasteiger partial charge in [-0.15, -0.1) is 0 Å². The Bertz CT molecular complexity index is 713. The second-order valence-electron chi connectivity index (χ2n) is 5.76. The van der Waals surface area contributed by atoms with Crippen LogP contribution in [-0.2, 0) is 4.74 Å². The van der Waals surface area contributed by atoms with Crippen LogP contribution in [0.1, 0.15) is 53.7 Å². The van der Waals surface area contributed by atoms with E-state index in [1.807, 2.05) is 25.3 Å². The van der Waals surface area contributed by atoms with E-state index in [1.165, 1.54) is 0 Å². The van der Waals surface area contributed by atoms with Gasteiger partial charge in [0.05, 0.1) is 12.4 Å². The summed E-state index contributed by atoms with van der Waals surface area (Å²) >= 11 is 0. The van der Waals surface area contributed by atoms with Crippen LogP contribution in [0.5, 0.6) is 5.88 Å². The van der Waals surface area contributed by atoms with Gasteiger partial charge in [-0.25, -0.2) is 4.98 Å². The number of nitrogens with zero attached hydrogens (tertiary/aromatic N) is 4. The van der Waals surface area contributed by atoms with Crippen molar-refractivity contribution in [2.45, 2.75) is 53.7 Å². The minimum atomic E-state index is -0.143. The fraction of sp³-hybridized carbons (Fsp3) is 0.611. The molecule has 1 saturated heterocycles. The van der Waals surface area contributed by atoms with E-state index >= 15 is 0 Å². The normalized spacial score (nSPS) is 19.3. The largest absolute Gasteiger partial charge is 0.476 e. The molecular formula is C18H29N5O2. The summed E-state index contributed by atoms with van der Waals surface area (Å²) in [5.41, 5.74) is 1.37. The molecule has 138 valence electrons. The Kier molecular flexibility index (Phi) is 6.61. The molecule has 2 atom stereocenters. The molecule has 0 aromatic carbocycles. The molecule has 0 amide bonds. The Labute approximate surface area is 149 Å². The van der Waals surface area contributed by atoms with Crippen molar-refractivity contribution in [1.29, 1.82) is 0 Å². The van der Waals surface area contributed by atoms with E-state index in [4.69, 9.17) is 9.47 Å². The number of aromatic nitrogens is 4. The lowest BCUT2D eigenvalue weighted by Gasteiger charge is -2.17. The maximum Gasteiger partial charge on any atom is 0.247 e. The molecule has 2 aromatic rings. The minimum Gasteiger partial charge on any atom is -0.476 e. The average Bonchev–Trinajstić information content (AvgIpc) is 3.17.